The van der Waals surface area contributed by atoms with Gasteiger partial charge in [-0.15, -0.1) is 11.3 Å². The molecule has 1 fully saturated rings. The van der Waals surface area contributed by atoms with Crippen LogP contribution in [0.1, 0.15) is 4.88 Å². The first kappa shape index (κ1) is 14.3. The fourth-order valence-corrected chi connectivity index (χ4v) is 2.92. The van der Waals surface area contributed by atoms with Crippen LogP contribution in [0.25, 0.3) is 10.6 Å². The molecule has 2 aromatic rings. The van der Waals surface area contributed by atoms with Crippen LogP contribution in [0, 0.1) is 11.3 Å². The van der Waals surface area contributed by atoms with E-state index < -0.39 is 0 Å². The molecule has 1 aliphatic rings. The van der Waals surface area contributed by atoms with Gasteiger partial charge in [0, 0.05) is 32.4 Å². The summed E-state index contributed by atoms with van der Waals surface area (Å²) in [6, 6.07) is 7.56. The number of anilines is 1. The zero-order valence-corrected chi connectivity index (χ0v) is 12.6. The van der Waals surface area contributed by atoms with Crippen molar-refractivity contribution in [2.75, 3.05) is 31.5 Å². The Morgan fingerprint density at radius 1 is 1.45 bits per heavy atom. The number of thiophene rings is 1. The van der Waals surface area contributed by atoms with Crippen molar-refractivity contribution in [1.29, 1.82) is 5.26 Å². The molecule has 0 unspecified atom stereocenters. The maximum atomic E-state index is 11.4. The lowest BCUT2D eigenvalue weighted by Crippen LogP contribution is -2.32. The van der Waals surface area contributed by atoms with E-state index in [9.17, 15) is 4.79 Å². The molecule has 0 aromatic carbocycles. The summed E-state index contributed by atoms with van der Waals surface area (Å²) in [5.41, 5.74) is 0.780. The molecule has 1 saturated heterocycles. The van der Waals surface area contributed by atoms with Gasteiger partial charge in [0.2, 0.25) is 5.95 Å². The molecule has 0 spiro atoms. The van der Waals surface area contributed by atoms with Crippen LogP contribution in [0.3, 0.4) is 0 Å². The summed E-state index contributed by atoms with van der Waals surface area (Å²) in [5.74, 6) is 0.518. The van der Waals surface area contributed by atoms with Gasteiger partial charge in [-0.05, 0) is 18.2 Å². The Hall–Kier alpha value is -2.66. The second-order valence-corrected chi connectivity index (χ2v) is 5.77. The molecule has 8 heteroatoms. The molecule has 22 heavy (non-hydrogen) atoms. The normalized spacial score (nSPS) is 13.8. The molecular weight excluding hydrogens is 300 g/mol. The predicted molar refractivity (Wildman–Crippen MR) is 83.5 cm³/mol. The maximum absolute atomic E-state index is 11.4. The summed E-state index contributed by atoms with van der Waals surface area (Å²) in [4.78, 5) is 23.4. The molecule has 0 bridgehead atoms. The number of carbonyl (C=O) groups excluding carboxylic acids is 1. The summed E-state index contributed by atoms with van der Waals surface area (Å²) in [6.45, 7) is 2.62. The van der Waals surface area contributed by atoms with E-state index in [2.05, 4.69) is 26.7 Å². The lowest BCUT2D eigenvalue weighted by atomic mass is 10.3. The molecule has 2 amide bonds. The van der Waals surface area contributed by atoms with Crippen molar-refractivity contribution in [1.82, 2.24) is 20.2 Å². The number of urea groups is 1. The number of hydrogen-bond donors (Lipinski definition) is 2. The summed E-state index contributed by atoms with van der Waals surface area (Å²) < 4.78 is 0. The van der Waals surface area contributed by atoms with Crippen molar-refractivity contribution in [3.8, 4) is 16.6 Å². The van der Waals surface area contributed by atoms with Crippen LogP contribution in [-0.4, -0.2) is 47.1 Å². The smallest absolute Gasteiger partial charge is 0.317 e. The van der Waals surface area contributed by atoms with E-state index in [-0.39, 0.29) is 6.03 Å². The fourth-order valence-electron chi connectivity index (χ4n) is 2.14. The van der Waals surface area contributed by atoms with Crippen molar-refractivity contribution in [3.05, 3.63) is 29.3 Å². The highest BCUT2D eigenvalue weighted by Gasteiger charge is 2.18. The molecule has 112 valence electrons. The Morgan fingerprint density at radius 3 is 3.09 bits per heavy atom. The second-order valence-electron chi connectivity index (χ2n) is 4.69. The number of nitrogens with one attached hydrogen (secondary N) is 2. The van der Waals surface area contributed by atoms with E-state index in [4.69, 9.17) is 5.26 Å². The minimum atomic E-state index is -0.0286. The molecule has 3 heterocycles. The van der Waals surface area contributed by atoms with Gasteiger partial charge in [-0.25, -0.2) is 14.8 Å². The summed E-state index contributed by atoms with van der Waals surface area (Å²) >= 11 is 1.40. The van der Waals surface area contributed by atoms with Crippen LogP contribution in [0.5, 0.6) is 0 Å². The third-order valence-electron chi connectivity index (χ3n) is 3.23. The Labute approximate surface area is 131 Å². The third kappa shape index (κ3) is 3.15. The highest BCUT2D eigenvalue weighted by Crippen LogP contribution is 2.26. The van der Waals surface area contributed by atoms with E-state index in [1.807, 2.05) is 12.1 Å². The van der Waals surface area contributed by atoms with Gasteiger partial charge in [0.15, 0.2) is 0 Å². The first-order valence-electron chi connectivity index (χ1n) is 6.86. The minimum absolute atomic E-state index is 0.0286. The van der Waals surface area contributed by atoms with Gasteiger partial charge in [-0.3, -0.25) is 0 Å². The van der Waals surface area contributed by atoms with Gasteiger partial charge >= 0.3 is 6.03 Å². The molecule has 7 nitrogen and oxygen atoms in total. The summed E-state index contributed by atoms with van der Waals surface area (Å²) in [6.07, 6.45) is 1.68. The number of carbonyl (C=O) groups is 1. The molecule has 2 N–H and O–H groups in total. The molecule has 0 aliphatic carbocycles. The Kier molecular flexibility index (Phi) is 4.16. The van der Waals surface area contributed by atoms with E-state index in [1.165, 1.54) is 11.3 Å². The van der Waals surface area contributed by atoms with Crippen LogP contribution in [0.2, 0.25) is 0 Å². The van der Waals surface area contributed by atoms with E-state index in [1.54, 1.807) is 17.2 Å². The van der Waals surface area contributed by atoms with Gasteiger partial charge in [0.25, 0.3) is 0 Å². The van der Waals surface area contributed by atoms with Crippen molar-refractivity contribution in [2.24, 2.45) is 0 Å². The molecule has 0 radical (unpaired) electrons. The maximum Gasteiger partial charge on any atom is 0.317 e. The van der Waals surface area contributed by atoms with E-state index in [0.29, 0.717) is 30.5 Å². The number of rotatable bonds is 5. The lowest BCUT2D eigenvalue weighted by Gasteiger charge is -2.14. The first-order valence-corrected chi connectivity index (χ1v) is 7.68. The molecule has 1 aliphatic heterocycles. The van der Waals surface area contributed by atoms with Crippen molar-refractivity contribution in [2.45, 2.75) is 0 Å². The van der Waals surface area contributed by atoms with Gasteiger partial charge in [-0.2, -0.15) is 5.26 Å². The van der Waals surface area contributed by atoms with Crippen LogP contribution in [0.15, 0.2) is 24.4 Å². The molecule has 0 atom stereocenters. The van der Waals surface area contributed by atoms with Crippen LogP contribution < -0.4 is 10.6 Å². The van der Waals surface area contributed by atoms with Crippen LogP contribution in [-0.2, 0) is 0 Å². The lowest BCUT2D eigenvalue weighted by molar-refractivity contribution is 0.219. The van der Waals surface area contributed by atoms with Crippen molar-refractivity contribution >= 4 is 23.3 Å². The molecule has 3 rings (SSSR count). The van der Waals surface area contributed by atoms with E-state index >= 15 is 0 Å². The molecule has 0 saturated carbocycles. The van der Waals surface area contributed by atoms with Gasteiger partial charge in [0.1, 0.15) is 10.9 Å². The average molecular weight is 314 g/mol. The number of aromatic nitrogens is 2. The Morgan fingerprint density at radius 2 is 2.36 bits per heavy atom. The Balaban J connectivity index is 1.61. The quantitative estimate of drug-likeness (QED) is 0.872. The highest BCUT2D eigenvalue weighted by atomic mass is 32.1. The monoisotopic (exact) mass is 314 g/mol. The topological polar surface area (TPSA) is 93.9 Å². The molecular formula is C14H14N6OS. The highest BCUT2D eigenvalue weighted by molar-refractivity contribution is 7.15. The molecule has 2 aromatic heterocycles. The second kappa shape index (κ2) is 6.41. The average Bonchev–Trinajstić information content (AvgIpc) is 3.17. The first-order chi connectivity index (χ1) is 10.8. The summed E-state index contributed by atoms with van der Waals surface area (Å²) in [5, 5.41) is 14.8. The van der Waals surface area contributed by atoms with Crippen LogP contribution >= 0.6 is 11.3 Å². The van der Waals surface area contributed by atoms with Gasteiger partial charge < -0.3 is 15.5 Å². The zero-order chi connectivity index (χ0) is 15.4. The SMILES string of the molecule is N#Cc1ccc(-c2ccnc(NCCN3CCNC3=O)n2)s1. The minimum Gasteiger partial charge on any atom is -0.352 e. The fraction of sp³-hybridized carbons (Fsp3) is 0.286. The zero-order valence-electron chi connectivity index (χ0n) is 11.7. The summed E-state index contributed by atoms with van der Waals surface area (Å²) in [7, 11) is 0. The largest absolute Gasteiger partial charge is 0.352 e. The standard InChI is InChI=1S/C14H14N6OS/c15-9-10-1-2-12(22-10)11-3-4-16-13(19-11)17-5-7-20-8-6-18-14(20)21/h1-4H,5-8H2,(H,18,21)(H,16,17,19). The van der Waals surface area contributed by atoms with Gasteiger partial charge in [-0.1, -0.05) is 0 Å². The van der Waals surface area contributed by atoms with Crippen molar-refractivity contribution in [3.63, 3.8) is 0 Å². The Bertz CT molecular complexity index is 722. The van der Waals surface area contributed by atoms with Crippen molar-refractivity contribution < 1.29 is 4.79 Å². The van der Waals surface area contributed by atoms with Crippen LogP contribution in [0.4, 0.5) is 10.7 Å². The predicted octanol–water partition coefficient (Wildman–Crippen LogP) is 1.51. The van der Waals surface area contributed by atoms with Gasteiger partial charge in [0.05, 0.1) is 10.6 Å². The van der Waals surface area contributed by atoms with E-state index in [0.717, 1.165) is 17.1 Å². The number of nitrogens with zero attached hydrogens (tertiary/aromatic N) is 4. The third-order valence-corrected chi connectivity index (χ3v) is 4.25. The number of hydrogen-bond acceptors (Lipinski definition) is 6. The number of nitriles is 1. The number of amides is 2.